The molecule has 0 radical (unpaired) electrons. The van der Waals surface area contributed by atoms with E-state index >= 15 is 0 Å². The molecule has 2 aromatic rings. The zero-order valence-electron chi connectivity index (χ0n) is 10.7. The smallest absolute Gasteiger partial charge is 0.259 e. The summed E-state index contributed by atoms with van der Waals surface area (Å²) >= 11 is 4.84. The van der Waals surface area contributed by atoms with Gasteiger partial charge in [0.25, 0.3) is 5.56 Å². The van der Waals surface area contributed by atoms with Crippen LogP contribution < -0.4 is 5.56 Å². The van der Waals surface area contributed by atoms with Crippen molar-refractivity contribution >= 4 is 47.4 Å². The van der Waals surface area contributed by atoms with Crippen LogP contribution in [-0.2, 0) is 23.6 Å². The molecule has 104 valence electrons. The van der Waals surface area contributed by atoms with Crippen molar-refractivity contribution in [2.45, 2.75) is 6.54 Å². The molecule has 8 heteroatoms. The summed E-state index contributed by atoms with van der Waals surface area (Å²) in [5.74, 6) is 0. The summed E-state index contributed by atoms with van der Waals surface area (Å²) in [7, 11) is -0.0142. The Morgan fingerprint density at radius 1 is 1.47 bits per heavy atom. The van der Waals surface area contributed by atoms with E-state index in [1.807, 2.05) is 0 Å². The lowest BCUT2D eigenvalue weighted by Gasteiger charge is -2.11. The Bertz CT molecular complexity index is 792. The van der Waals surface area contributed by atoms with Gasteiger partial charge >= 0.3 is 0 Å². The Kier molecular flexibility index (Phi) is 3.87. The molecule has 0 saturated carbocycles. The third kappa shape index (κ3) is 2.91. The van der Waals surface area contributed by atoms with Crippen LogP contribution in [0.25, 0.3) is 10.1 Å². The molecule has 0 bridgehead atoms. The normalized spacial score (nSPS) is 12.5. The van der Waals surface area contributed by atoms with Crippen LogP contribution in [0.2, 0.25) is 0 Å². The minimum absolute atomic E-state index is 0.0808. The van der Waals surface area contributed by atoms with Gasteiger partial charge < -0.3 is 4.57 Å². The van der Waals surface area contributed by atoms with Crippen LogP contribution in [0.15, 0.2) is 21.5 Å². The SMILES string of the molecule is CN(Cc1cc2c(=O)n(C)cc(Br)c2s1)S(C)(=O)=O. The number of fused-ring (bicyclic) bond motifs is 1. The van der Waals surface area contributed by atoms with E-state index in [1.54, 1.807) is 19.3 Å². The quantitative estimate of drug-likeness (QED) is 0.833. The number of rotatable bonds is 3. The topological polar surface area (TPSA) is 59.4 Å². The largest absolute Gasteiger partial charge is 0.317 e. The van der Waals surface area contributed by atoms with Crippen LogP contribution in [0.1, 0.15) is 4.88 Å². The summed E-state index contributed by atoms with van der Waals surface area (Å²) in [5.41, 5.74) is -0.0808. The fourth-order valence-electron chi connectivity index (χ4n) is 1.67. The van der Waals surface area contributed by atoms with E-state index in [2.05, 4.69) is 15.9 Å². The van der Waals surface area contributed by atoms with E-state index in [0.717, 1.165) is 20.3 Å². The Hall–Kier alpha value is -0.700. The first kappa shape index (κ1) is 14.7. The molecule has 0 saturated heterocycles. The van der Waals surface area contributed by atoms with Gasteiger partial charge in [0, 0.05) is 31.7 Å². The first-order valence-corrected chi connectivity index (χ1v) is 8.85. The van der Waals surface area contributed by atoms with Crippen LogP contribution >= 0.6 is 27.3 Å². The molecule has 0 aromatic carbocycles. The van der Waals surface area contributed by atoms with Crippen molar-refractivity contribution in [2.24, 2.45) is 7.05 Å². The number of thiophene rings is 1. The van der Waals surface area contributed by atoms with Crippen molar-refractivity contribution in [3.63, 3.8) is 0 Å². The van der Waals surface area contributed by atoms with Crippen molar-refractivity contribution in [2.75, 3.05) is 13.3 Å². The third-order valence-corrected chi connectivity index (χ3v) is 6.08. The van der Waals surface area contributed by atoms with Gasteiger partial charge in [0.1, 0.15) is 0 Å². The molecule has 19 heavy (non-hydrogen) atoms. The lowest BCUT2D eigenvalue weighted by atomic mass is 10.3. The van der Waals surface area contributed by atoms with E-state index in [-0.39, 0.29) is 12.1 Å². The monoisotopic (exact) mass is 364 g/mol. The molecule has 0 aliphatic heterocycles. The maximum absolute atomic E-state index is 12.0. The molecule has 0 amide bonds. The number of aromatic nitrogens is 1. The second-order valence-electron chi connectivity index (χ2n) is 4.37. The van der Waals surface area contributed by atoms with Gasteiger partial charge in [-0.25, -0.2) is 12.7 Å². The van der Waals surface area contributed by atoms with Gasteiger partial charge in [0.15, 0.2) is 0 Å². The lowest BCUT2D eigenvalue weighted by Crippen LogP contribution is -2.24. The second kappa shape index (κ2) is 5.01. The number of hydrogen-bond acceptors (Lipinski definition) is 4. The van der Waals surface area contributed by atoms with Crippen molar-refractivity contribution in [3.8, 4) is 0 Å². The van der Waals surface area contributed by atoms with Crippen molar-refractivity contribution in [3.05, 3.63) is 32.0 Å². The maximum Gasteiger partial charge on any atom is 0.259 e. The maximum atomic E-state index is 12.0. The summed E-state index contributed by atoms with van der Waals surface area (Å²) < 4.78 is 27.2. The van der Waals surface area contributed by atoms with Crippen molar-refractivity contribution < 1.29 is 8.42 Å². The highest BCUT2D eigenvalue weighted by Gasteiger charge is 2.15. The van der Waals surface area contributed by atoms with Gasteiger partial charge in [-0.05, 0) is 22.0 Å². The summed E-state index contributed by atoms with van der Waals surface area (Å²) in [6.07, 6.45) is 2.88. The van der Waals surface area contributed by atoms with E-state index in [9.17, 15) is 13.2 Å². The van der Waals surface area contributed by atoms with E-state index < -0.39 is 10.0 Å². The standard InChI is InChI=1S/C11H13BrN2O3S2/c1-13-6-9(12)10-8(11(13)15)4-7(18-10)5-14(2)19(3,16)17/h4,6H,5H2,1-3H3. The first-order chi connectivity index (χ1) is 8.70. The molecule has 5 nitrogen and oxygen atoms in total. The van der Waals surface area contributed by atoms with Gasteiger partial charge in [0.2, 0.25) is 10.0 Å². The highest BCUT2D eigenvalue weighted by molar-refractivity contribution is 9.10. The summed E-state index contributed by atoms with van der Waals surface area (Å²) in [5, 5.41) is 0.610. The molecule has 0 spiro atoms. The molecular weight excluding hydrogens is 352 g/mol. The average molecular weight is 365 g/mol. The van der Waals surface area contributed by atoms with Crippen LogP contribution in [0.4, 0.5) is 0 Å². The molecule has 2 rings (SSSR count). The van der Waals surface area contributed by atoms with Gasteiger partial charge in [-0.3, -0.25) is 4.79 Å². The number of aryl methyl sites for hydroxylation is 1. The molecule has 0 atom stereocenters. The number of nitrogens with zero attached hydrogens (tertiary/aromatic N) is 2. The van der Waals surface area contributed by atoms with Gasteiger partial charge in [0.05, 0.1) is 20.8 Å². The number of halogens is 1. The Labute approximate surface area is 123 Å². The lowest BCUT2D eigenvalue weighted by molar-refractivity contribution is 0.475. The predicted octanol–water partition coefficient (Wildman–Crippen LogP) is 1.75. The van der Waals surface area contributed by atoms with Crippen LogP contribution in [0.5, 0.6) is 0 Å². The zero-order valence-corrected chi connectivity index (χ0v) is 13.9. The van der Waals surface area contributed by atoms with E-state index in [4.69, 9.17) is 0 Å². The summed E-state index contributed by atoms with van der Waals surface area (Å²) in [6.45, 7) is 0.272. The molecule has 0 fully saturated rings. The highest BCUT2D eigenvalue weighted by atomic mass is 79.9. The third-order valence-electron chi connectivity index (χ3n) is 2.80. The number of pyridine rings is 1. The molecule has 2 aromatic heterocycles. The summed E-state index contributed by atoms with van der Waals surface area (Å²) in [6, 6.07) is 1.76. The zero-order chi connectivity index (χ0) is 14.4. The predicted molar refractivity (Wildman–Crippen MR) is 81.1 cm³/mol. The second-order valence-corrected chi connectivity index (χ2v) is 8.45. The summed E-state index contributed by atoms with van der Waals surface area (Å²) in [4.78, 5) is 12.8. The fraction of sp³-hybridized carbons (Fsp3) is 0.364. The van der Waals surface area contributed by atoms with Crippen LogP contribution in [-0.4, -0.2) is 30.6 Å². The van der Waals surface area contributed by atoms with E-state index in [1.165, 1.54) is 27.3 Å². The molecule has 0 N–H and O–H groups in total. The molecular formula is C11H13BrN2O3S2. The number of sulfonamides is 1. The Morgan fingerprint density at radius 2 is 2.11 bits per heavy atom. The van der Waals surface area contributed by atoms with Gasteiger partial charge in [-0.1, -0.05) is 0 Å². The molecule has 0 aliphatic carbocycles. The van der Waals surface area contributed by atoms with Gasteiger partial charge in [-0.2, -0.15) is 0 Å². The number of hydrogen-bond donors (Lipinski definition) is 0. The Morgan fingerprint density at radius 3 is 2.68 bits per heavy atom. The van der Waals surface area contributed by atoms with E-state index in [0.29, 0.717) is 5.39 Å². The van der Waals surface area contributed by atoms with Crippen molar-refractivity contribution in [1.29, 1.82) is 0 Å². The molecule has 0 aliphatic rings. The first-order valence-electron chi connectivity index (χ1n) is 5.39. The van der Waals surface area contributed by atoms with Crippen molar-refractivity contribution in [1.82, 2.24) is 8.87 Å². The van der Waals surface area contributed by atoms with Crippen LogP contribution in [0.3, 0.4) is 0 Å². The molecule has 0 unspecified atom stereocenters. The average Bonchev–Trinajstić information content (AvgIpc) is 2.69. The highest BCUT2D eigenvalue weighted by Crippen LogP contribution is 2.30. The minimum atomic E-state index is -3.22. The van der Waals surface area contributed by atoms with Gasteiger partial charge in [-0.15, -0.1) is 11.3 Å². The fourth-order valence-corrected chi connectivity index (χ4v) is 3.99. The Balaban J connectivity index is 2.51. The minimum Gasteiger partial charge on any atom is -0.317 e. The molecule has 2 heterocycles. The van der Waals surface area contributed by atoms with Crippen LogP contribution in [0, 0.1) is 0 Å².